The Bertz CT molecular complexity index is 364. The number of hydrogen-bond acceptors (Lipinski definition) is 3. The van der Waals surface area contributed by atoms with E-state index in [1.807, 2.05) is 19.4 Å². The van der Waals surface area contributed by atoms with Gasteiger partial charge in [0.2, 0.25) is 0 Å². The number of aromatic nitrogens is 2. The minimum Gasteiger partial charge on any atom is -0.380 e. The molecular formula is C14H25N3O. The van der Waals surface area contributed by atoms with Gasteiger partial charge >= 0.3 is 0 Å². The molecule has 0 amide bonds. The molecule has 2 rings (SSSR count). The van der Waals surface area contributed by atoms with Gasteiger partial charge in [0, 0.05) is 24.9 Å². The van der Waals surface area contributed by atoms with Crippen molar-refractivity contribution in [2.24, 2.45) is 0 Å². The van der Waals surface area contributed by atoms with Gasteiger partial charge in [-0.1, -0.05) is 0 Å². The predicted octanol–water partition coefficient (Wildman–Crippen LogP) is 2.68. The van der Waals surface area contributed by atoms with Crippen LogP contribution in [-0.4, -0.2) is 28.8 Å². The smallest absolute Gasteiger partial charge is 0.0952 e. The van der Waals surface area contributed by atoms with Gasteiger partial charge in [0.05, 0.1) is 24.7 Å². The van der Waals surface area contributed by atoms with Gasteiger partial charge in [-0.05, 0) is 40.0 Å². The molecule has 0 radical (unpaired) electrons. The van der Waals surface area contributed by atoms with Crippen LogP contribution in [0.3, 0.4) is 0 Å². The number of nitrogens with zero attached hydrogens (tertiary/aromatic N) is 2. The van der Waals surface area contributed by atoms with Crippen molar-refractivity contribution in [3.63, 3.8) is 0 Å². The van der Waals surface area contributed by atoms with E-state index >= 15 is 0 Å². The molecule has 1 aliphatic rings. The molecule has 1 aliphatic heterocycles. The quantitative estimate of drug-likeness (QED) is 0.874. The maximum atomic E-state index is 5.51. The number of hydrogen-bond donors (Lipinski definition) is 1. The third kappa shape index (κ3) is 3.12. The Balaban J connectivity index is 2.06. The first-order chi connectivity index (χ1) is 8.72. The highest BCUT2D eigenvalue weighted by atomic mass is 16.5. The van der Waals surface area contributed by atoms with Gasteiger partial charge < -0.3 is 14.6 Å². The van der Waals surface area contributed by atoms with E-state index in [1.54, 1.807) is 0 Å². The van der Waals surface area contributed by atoms with Crippen LogP contribution in [0.1, 0.15) is 57.8 Å². The predicted molar refractivity (Wildman–Crippen MR) is 72.6 cm³/mol. The Morgan fingerprint density at radius 3 is 3.11 bits per heavy atom. The fourth-order valence-corrected chi connectivity index (χ4v) is 2.69. The molecule has 102 valence electrons. The van der Waals surface area contributed by atoms with Crippen molar-refractivity contribution in [2.45, 2.75) is 58.2 Å². The number of piperidine rings is 1. The number of ether oxygens (including phenoxy) is 1. The summed E-state index contributed by atoms with van der Waals surface area (Å²) >= 11 is 0. The molecule has 4 heteroatoms. The molecule has 1 N–H and O–H groups in total. The minimum atomic E-state index is 0.349. The van der Waals surface area contributed by atoms with E-state index in [4.69, 9.17) is 4.74 Å². The largest absolute Gasteiger partial charge is 0.380 e. The fraction of sp³-hybridized carbons (Fsp3) is 0.786. The Morgan fingerprint density at radius 1 is 1.56 bits per heavy atom. The molecule has 3 unspecified atom stereocenters. The highest BCUT2D eigenvalue weighted by Gasteiger charge is 2.23. The molecule has 0 aliphatic carbocycles. The molecule has 2 heterocycles. The van der Waals surface area contributed by atoms with E-state index in [0.29, 0.717) is 18.1 Å². The van der Waals surface area contributed by atoms with Crippen LogP contribution < -0.4 is 5.32 Å². The van der Waals surface area contributed by atoms with Gasteiger partial charge in [0.15, 0.2) is 0 Å². The zero-order valence-corrected chi connectivity index (χ0v) is 11.7. The monoisotopic (exact) mass is 251 g/mol. The summed E-state index contributed by atoms with van der Waals surface area (Å²) in [5, 5.41) is 3.67. The van der Waals surface area contributed by atoms with Gasteiger partial charge in [-0.3, -0.25) is 0 Å². The molecule has 4 nitrogen and oxygen atoms in total. The molecule has 3 atom stereocenters. The van der Waals surface area contributed by atoms with Gasteiger partial charge in [-0.15, -0.1) is 0 Å². The normalized spacial score (nSPS) is 26.2. The number of rotatable bonds is 5. The average molecular weight is 251 g/mol. The van der Waals surface area contributed by atoms with Crippen LogP contribution in [0.4, 0.5) is 0 Å². The van der Waals surface area contributed by atoms with E-state index in [0.717, 1.165) is 13.2 Å². The van der Waals surface area contributed by atoms with Gasteiger partial charge in [0.1, 0.15) is 0 Å². The molecule has 1 aromatic rings. The molecule has 18 heavy (non-hydrogen) atoms. The Morgan fingerprint density at radius 2 is 2.39 bits per heavy atom. The topological polar surface area (TPSA) is 39.1 Å². The van der Waals surface area contributed by atoms with Crippen molar-refractivity contribution in [1.82, 2.24) is 14.9 Å². The lowest BCUT2D eigenvalue weighted by Crippen LogP contribution is -2.36. The van der Waals surface area contributed by atoms with Crippen LogP contribution in [0.15, 0.2) is 12.5 Å². The van der Waals surface area contributed by atoms with E-state index < -0.39 is 0 Å². The van der Waals surface area contributed by atoms with Crippen molar-refractivity contribution >= 4 is 0 Å². The highest BCUT2D eigenvalue weighted by Crippen LogP contribution is 2.27. The summed E-state index contributed by atoms with van der Waals surface area (Å²) in [4.78, 5) is 4.32. The summed E-state index contributed by atoms with van der Waals surface area (Å²) < 4.78 is 7.77. The zero-order chi connectivity index (χ0) is 13.0. The summed E-state index contributed by atoms with van der Waals surface area (Å²) in [6.45, 7) is 8.00. The lowest BCUT2D eigenvalue weighted by atomic mass is 9.97. The van der Waals surface area contributed by atoms with E-state index in [1.165, 1.54) is 25.0 Å². The van der Waals surface area contributed by atoms with Crippen LogP contribution in [0.2, 0.25) is 0 Å². The van der Waals surface area contributed by atoms with Crippen molar-refractivity contribution in [2.75, 3.05) is 13.2 Å². The van der Waals surface area contributed by atoms with Crippen molar-refractivity contribution in [3.05, 3.63) is 18.2 Å². The maximum absolute atomic E-state index is 5.51. The average Bonchev–Trinajstić information content (AvgIpc) is 2.85. The second-order valence-electron chi connectivity index (χ2n) is 5.29. The summed E-state index contributed by atoms with van der Waals surface area (Å²) in [5.41, 5.74) is 1.30. The van der Waals surface area contributed by atoms with Crippen LogP contribution in [0.5, 0.6) is 0 Å². The third-order valence-electron chi connectivity index (χ3n) is 3.71. The van der Waals surface area contributed by atoms with E-state index in [-0.39, 0.29) is 0 Å². The van der Waals surface area contributed by atoms with Crippen LogP contribution in [0.25, 0.3) is 0 Å². The molecule has 0 bridgehead atoms. The summed E-state index contributed by atoms with van der Waals surface area (Å²) in [6.07, 6.45) is 7.71. The summed E-state index contributed by atoms with van der Waals surface area (Å²) in [5.74, 6) is 0. The second-order valence-corrected chi connectivity index (χ2v) is 5.29. The molecule has 1 saturated heterocycles. The summed E-state index contributed by atoms with van der Waals surface area (Å²) in [7, 11) is 0. The van der Waals surface area contributed by atoms with Crippen LogP contribution in [0, 0.1) is 0 Å². The van der Waals surface area contributed by atoms with Crippen molar-refractivity contribution in [3.8, 4) is 0 Å². The standard InChI is InChI=1S/C14H25N3O/c1-4-18-9-12(3)17-10-15-8-14(17)13-7-5-6-11(2)16-13/h8,10-13,16H,4-7,9H2,1-3H3. The Labute approximate surface area is 110 Å². The second kappa shape index (κ2) is 6.34. The molecule has 1 fully saturated rings. The lowest BCUT2D eigenvalue weighted by Gasteiger charge is -2.30. The van der Waals surface area contributed by atoms with Crippen molar-refractivity contribution < 1.29 is 4.74 Å². The molecule has 0 spiro atoms. The Kier molecular flexibility index (Phi) is 4.78. The lowest BCUT2D eigenvalue weighted by molar-refractivity contribution is 0.117. The van der Waals surface area contributed by atoms with Crippen LogP contribution in [-0.2, 0) is 4.74 Å². The third-order valence-corrected chi connectivity index (χ3v) is 3.71. The maximum Gasteiger partial charge on any atom is 0.0952 e. The molecule has 1 aromatic heterocycles. The minimum absolute atomic E-state index is 0.349. The first-order valence-corrected chi connectivity index (χ1v) is 7.08. The SMILES string of the molecule is CCOCC(C)n1cncc1C1CCCC(C)N1. The van der Waals surface area contributed by atoms with Gasteiger partial charge in [-0.25, -0.2) is 4.98 Å². The molecular weight excluding hydrogens is 226 g/mol. The van der Waals surface area contributed by atoms with Gasteiger partial charge in [0.25, 0.3) is 0 Å². The van der Waals surface area contributed by atoms with Crippen molar-refractivity contribution in [1.29, 1.82) is 0 Å². The number of imidazole rings is 1. The molecule has 0 aromatic carbocycles. The van der Waals surface area contributed by atoms with E-state index in [9.17, 15) is 0 Å². The van der Waals surface area contributed by atoms with E-state index in [2.05, 4.69) is 28.7 Å². The fourth-order valence-electron chi connectivity index (χ4n) is 2.69. The van der Waals surface area contributed by atoms with Gasteiger partial charge in [-0.2, -0.15) is 0 Å². The summed E-state index contributed by atoms with van der Waals surface area (Å²) in [6, 6.07) is 1.40. The first kappa shape index (κ1) is 13.6. The molecule has 0 saturated carbocycles. The number of nitrogens with one attached hydrogen (secondary N) is 1. The Hall–Kier alpha value is -0.870. The van der Waals surface area contributed by atoms with Crippen LogP contribution >= 0.6 is 0 Å². The first-order valence-electron chi connectivity index (χ1n) is 7.08. The highest BCUT2D eigenvalue weighted by molar-refractivity contribution is 5.08. The zero-order valence-electron chi connectivity index (χ0n) is 11.7.